The summed E-state index contributed by atoms with van der Waals surface area (Å²) in [6, 6.07) is 0.663. The molecule has 1 heteroatoms. The predicted octanol–water partition coefficient (Wildman–Crippen LogP) is 3.30. The molecule has 0 rings (SSSR count). The topological polar surface area (TPSA) is 3.24 Å². The molecule has 0 heterocycles. The van der Waals surface area contributed by atoms with Crippen LogP contribution in [0.3, 0.4) is 0 Å². The van der Waals surface area contributed by atoms with E-state index >= 15 is 0 Å². The maximum atomic E-state index is 2.57. The first-order valence-electron chi connectivity index (χ1n) is 5.22. The molecule has 0 atom stereocenters. The molecule has 0 aliphatic carbocycles. The van der Waals surface area contributed by atoms with E-state index in [1.54, 1.807) is 0 Å². The van der Waals surface area contributed by atoms with Crippen LogP contribution in [0.4, 0.5) is 0 Å². The summed E-state index contributed by atoms with van der Waals surface area (Å²) in [5.74, 6) is 0. The van der Waals surface area contributed by atoms with Crippen LogP contribution in [-0.4, -0.2) is 23.0 Å². The smallest absolute Gasteiger partial charge is 0.0155 e. The molecule has 0 fully saturated rings. The van der Waals surface area contributed by atoms with Crippen LogP contribution in [0, 0.1) is 0 Å². The first-order valence-corrected chi connectivity index (χ1v) is 5.22. The zero-order valence-corrected chi connectivity index (χ0v) is 9.65. The lowest BCUT2D eigenvalue weighted by Gasteiger charge is -2.41. The third-order valence-electron chi connectivity index (χ3n) is 2.60. The lowest BCUT2D eigenvalue weighted by molar-refractivity contribution is 0.0827. The normalized spacial score (nSPS) is 13.0. The highest BCUT2D eigenvalue weighted by molar-refractivity contribution is 4.82. The minimum Gasteiger partial charge on any atom is -0.296 e. The van der Waals surface area contributed by atoms with Crippen LogP contribution in [0.25, 0.3) is 0 Å². The molecule has 0 unspecified atom stereocenters. The molecule has 0 saturated heterocycles. The highest BCUT2D eigenvalue weighted by Crippen LogP contribution is 2.22. The van der Waals surface area contributed by atoms with E-state index < -0.39 is 0 Å². The molecule has 12 heavy (non-hydrogen) atoms. The Morgan fingerprint density at radius 3 is 1.92 bits per heavy atom. The lowest BCUT2D eigenvalue weighted by atomic mass is 9.95. The summed E-state index contributed by atoms with van der Waals surface area (Å²) < 4.78 is 0. The second kappa shape index (κ2) is 4.86. The lowest BCUT2D eigenvalue weighted by Crippen LogP contribution is -2.47. The third-order valence-corrected chi connectivity index (χ3v) is 2.60. The molecule has 1 nitrogen and oxygen atoms in total. The Bertz CT molecular complexity index is 116. The van der Waals surface area contributed by atoms with E-state index in [9.17, 15) is 0 Å². The molecule has 0 aliphatic rings. The van der Waals surface area contributed by atoms with Gasteiger partial charge in [0, 0.05) is 11.6 Å². The van der Waals surface area contributed by atoms with Crippen molar-refractivity contribution in [2.24, 2.45) is 0 Å². The van der Waals surface area contributed by atoms with Gasteiger partial charge in [0.15, 0.2) is 0 Å². The number of hydrogen-bond donors (Lipinski definition) is 0. The van der Waals surface area contributed by atoms with Crippen molar-refractivity contribution < 1.29 is 0 Å². The Morgan fingerprint density at radius 1 is 1.17 bits per heavy atom. The minimum atomic E-state index is 0.373. The van der Waals surface area contributed by atoms with E-state index in [4.69, 9.17) is 0 Å². The second-order valence-electron chi connectivity index (χ2n) is 4.44. The summed E-state index contributed by atoms with van der Waals surface area (Å²) in [7, 11) is 0. The zero-order valence-electron chi connectivity index (χ0n) is 9.65. The van der Waals surface area contributed by atoms with Gasteiger partial charge in [-0.05, 0) is 40.7 Å². The fourth-order valence-corrected chi connectivity index (χ4v) is 2.25. The fourth-order valence-electron chi connectivity index (χ4n) is 2.25. The Hall–Kier alpha value is -0.0400. The summed E-state index contributed by atoms with van der Waals surface area (Å²) in [6.45, 7) is 14.9. The van der Waals surface area contributed by atoms with Crippen molar-refractivity contribution in [1.82, 2.24) is 4.90 Å². The maximum Gasteiger partial charge on any atom is 0.0155 e. The summed E-state index contributed by atoms with van der Waals surface area (Å²) >= 11 is 0. The van der Waals surface area contributed by atoms with Crippen molar-refractivity contribution in [3.05, 3.63) is 0 Å². The van der Waals surface area contributed by atoms with Crippen LogP contribution in [0.2, 0.25) is 0 Å². The van der Waals surface area contributed by atoms with Crippen LogP contribution in [0.5, 0.6) is 0 Å². The van der Waals surface area contributed by atoms with Crippen molar-refractivity contribution in [3.8, 4) is 0 Å². The van der Waals surface area contributed by atoms with Gasteiger partial charge in [-0.25, -0.2) is 0 Å². The van der Waals surface area contributed by atoms with Gasteiger partial charge in [0.2, 0.25) is 0 Å². The summed E-state index contributed by atoms with van der Waals surface area (Å²) in [4.78, 5) is 2.57. The molecule has 74 valence electrons. The van der Waals surface area contributed by atoms with E-state index in [-0.39, 0.29) is 0 Å². The Morgan fingerprint density at radius 2 is 1.67 bits per heavy atom. The van der Waals surface area contributed by atoms with Gasteiger partial charge in [-0.1, -0.05) is 20.3 Å². The Balaban J connectivity index is 4.25. The molecule has 0 saturated carbocycles. The molecule has 0 aromatic carbocycles. The van der Waals surface area contributed by atoms with Gasteiger partial charge >= 0.3 is 0 Å². The molecule has 0 radical (unpaired) electrons. The summed E-state index contributed by atoms with van der Waals surface area (Å²) in [5, 5.41) is 0. The average molecular weight is 171 g/mol. The number of rotatable bonds is 5. The van der Waals surface area contributed by atoms with Gasteiger partial charge in [0.1, 0.15) is 0 Å². The van der Waals surface area contributed by atoms with E-state index in [1.807, 2.05) is 0 Å². The second-order valence-corrected chi connectivity index (χ2v) is 4.44. The third kappa shape index (κ3) is 3.14. The maximum absolute atomic E-state index is 2.57. The predicted molar refractivity (Wildman–Crippen MR) is 56.5 cm³/mol. The quantitative estimate of drug-likeness (QED) is 0.613. The SMILES string of the molecule is CCCC(C)(C)N(CC)C(C)C. The average Bonchev–Trinajstić information content (AvgIpc) is 1.86. The number of hydrogen-bond acceptors (Lipinski definition) is 1. The highest BCUT2D eigenvalue weighted by atomic mass is 15.2. The monoisotopic (exact) mass is 171 g/mol. The first kappa shape index (κ1) is 12.0. The molecule has 0 aromatic heterocycles. The van der Waals surface area contributed by atoms with Gasteiger partial charge in [-0.3, -0.25) is 4.90 Å². The first-order chi connectivity index (χ1) is 5.45. The van der Waals surface area contributed by atoms with E-state index in [1.165, 1.54) is 12.8 Å². The van der Waals surface area contributed by atoms with Gasteiger partial charge in [0.25, 0.3) is 0 Å². The Kier molecular flexibility index (Phi) is 4.84. The van der Waals surface area contributed by atoms with Crippen LogP contribution in [0.1, 0.15) is 54.4 Å². The molecule has 0 bridgehead atoms. The summed E-state index contributed by atoms with van der Waals surface area (Å²) in [6.07, 6.45) is 2.56. The zero-order chi connectivity index (χ0) is 9.78. The van der Waals surface area contributed by atoms with Gasteiger partial charge < -0.3 is 0 Å². The fraction of sp³-hybridized carbons (Fsp3) is 1.00. The van der Waals surface area contributed by atoms with E-state index in [2.05, 4.69) is 46.4 Å². The van der Waals surface area contributed by atoms with Crippen LogP contribution < -0.4 is 0 Å². The van der Waals surface area contributed by atoms with Crippen molar-refractivity contribution in [1.29, 1.82) is 0 Å². The van der Waals surface area contributed by atoms with Gasteiger partial charge in [0.05, 0.1) is 0 Å². The van der Waals surface area contributed by atoms with E-state index in [0.717, 1.165) is 6.54 Å². The van der Waals surface area contributed by atoms with Gasteiger partial charge in [-0.2, -0.15) is 0 Å². The molecule has 0 aliphatic heterocycles. The Labute approximate surface area is 78.1 Å². The number of nitrogens with zero attached hydrogens (tertiary/aromatic N) is 1. The molecular formula is C11H25N. The highest BCUT2D eigenvalue weighted by Gasteiger charge is 2.25. The molecular weight excluding hydrogens is 146 g/mol. The molecule has 0 aromatic rings. The molecule has 0 N–H and O–H groups in total. The van der Waals surface area contributed by atoms with E-state index in [0.29, 0.717) is 11.6 Å². The van der Waals surface area contributed by atoms with Gasteiger partial charge in [-0.15, -0.1) is 0 Å². The van der Waals surface area contributed by atoms with Crippen molar-refractivity contribution in [2.45, 2.75) is 66.0 Å². The van der Waals surface area contributed by atoms with Crippen LogP contribution in [0.15, 0.2) is 0 Å². The molecule has 0 amide bonds. The van der Waals surface area contributed by atoms with Crippen LogP contribution >= 0.6 is 0 Å². The van der Waals surface area contributed by atoms with Crippen molar-refractivity contribution in [3.63, 3.8) is 0 Å². The van der Waals surface area contributed by atoms with Crippen molar-refractivity contribution >= 4 is 0 Å². The molecule has 0 spiro atoms. The largest absolute Gasteiger partial charge is 0.296 e. The minimum absolute atomic E-state index is 0.373. The van der Waals surface area contributed by atoms with Crippen LogP contribution in [-0.2, 0) is 0 Å². The summed E-state index contributed by atoms with van der Waals surface area (Å²) in [5.41, 5.74) is 0.373. The standard InChI is InChI=1S/C11H25N/c1-7-9-11(5,6)12(8-2)10(3)4/h10H,7-9H2,1-6H3. The van der Waals surface area contributed by atoms with Crippen molar-refractivity contribution in [2.75, 3.05) is 6.54 Å².